The van der Waals surface area contributed by atoms with E-state index in [1.807, 2.05) is 13.8 Å². The molecule has 0 spiro atoms. The number of carbonyl (C=O) groups is 1. The molecule has 1 aromatic carbocycles. The van der Waals surface area contributed by atoms with Gasteiger partial charge in [-0.15, -0.1) is 0 Å². The minimum absolute atomic E-state index is 0.287. The second-order valence-electron chi connectivity index (χ2n) is 4.89. The molecule has 0 unspecified atom stereocenters. The van der Waals surface area contributed by atoms with Crippen molar-refractivity contribution in [2.45, 2.75) is 20.8 Å². The number of rotatable bonds is 5. The molecule has 0 aliphatic heterocycles. The van der Waals surface area contributed by atoms with Gasteiger partial charge in [-0.25, -0.2) is 9.97 Å². The second kappa shape index (κ2) is 7.62. The van der Waals surface area contributed by atoms with Gasteiger partial charge in [0.25, 0.3) is 5.91 Å². The van der Waals surface area contributed by atoms with E-state index in [1.165, 1.54) is 0 Å². The van der Waals surface area contributed by atoms with Crippen LogP contribution < -0.4 is 10.2 Å². The van der Waals surface area contributed by atoms with Gasteiger partial charge < -0.3 is 10.2 Å². The maximum Gasteiger partial charge on any atom is 0.274 e. The zero-order chi connectivity index (χ0) is 17.0. The first-order valence-electron chi connectivity index (χ1n) is 7.32. The molecule has 0 aliphatic rings. The van der Waals surface area contributed by atoms with Crippen LogP contribution in [0.3, 0.4) is 0 Å². The minimum atomic E-state index is -0.354. The van der Waals surface area contributed by atoms with E-state index in [0.29, 0.717) is 21.6 Å². The normalized spacial score (nSPS) is 10.5. The van der Waals surface area contributed by atoms with Gasteiger partial charge in [0.15, 0.2) is 0 Å². The lowest BCUT2D eigenvalue weighted by Crippen LogP contribution is -2.25. The van der Waals surface area contributed by atoms with E-state index in [0.717, 1.165) is 18.9 Å². The van der Waals surface area contributed by atoms with Crippen molar-refractivity contribution >= 4 is 40.6 Å². The largest absolute Gasteiger partial charge is 0.357 e. The van der Waals surface area contributed by atoms with Crippen LogP contribution in [0.5, 0.6) is 0 Å². The fourth-order valence-electron chi connectivity index (χ4n) is 2.16. The summed E-state index contributed by atoms with van der Waals surface area (Å²) in [6.07, 6.45) is 0. The molecule has 0 atom stereocenters. The molecule has 122 valence electrons. The number of aromatic nitrogens is 2. The monoisotopic (exact) mass is 352 g/mol. The summed E-state index contributed by atoms with van der Waals surface area (Å²) in [5, 5.41) is 3.42. The predicted octanol–water partition coefficient (Wildman–Crippen LogP) is 4.19. The van der Waals surface area contributed by atoms with Crippen LogP contribution in [0.1, 0.15) is 30.2 Å². The number of hydrogen-bond donors (Lipinski definition) is 1. The van der Waals surface area contributed by atoms with E-state index >= 15 is 0 Å². The zero-order valence-corrected chi connectivity index (χ0v) is 14.7. The lowest BCUT2D eigenvalue weighted by Gasteiger charge is -2.20. The van der Waals surface area contributed by atoms with Gasteiger partial charge in [0, 0.05) is 19.2 Å². The number of nitrogens with one attached hydrogen (secondary N) is 1. The van der Waals surface area contributed by atoms with Crippen molar-refractivity contribution in [1.29, 1.82) is 0 Å². The molecule has 0 saturated heterocycles. The van der Waals surface area contributed by atoms with Gasteiger partial charge in [-0.1, -0.05) is 29.3 Å². The van der Waals surface area contributed by atoms with Crippen LogP contribution in [-0.2, 0) is 0 Å². The molecule has 0 fully saturated rings. The molecule has 5 nitrogen and oxygen atoms in total. The van der Waals surface area contributed by atoms with Crippen LogP contribution in [0.15, 0.2) is 24.3 Å². The molecular weight excluding hydrogens is 335 g/mol. The molecule has 2 aromatic rings. The number of halogens is 2. The summed E-state index contributed by atoms with van der Waals surface area (Å²) >= 11 is 12.1. The van der Waals surface area contributed by atoms with E-state index in [4.69, 9.17) is 23.2 Å². The Bertz CT molecular complexity index is 717. The van der Waals surface area contributed by atoms with Crippen LogP contribution in [0, 0.1) is 6.92 Å². The molecule has 2 rings (SSSR count). The maximum absolute atomic E-state index is 12.5. The lowest BCUT2D eigenvalue weighted by molar-refractivity contribution is 0.102. The third-order valence-corrected chi connectivity index (χ3v) is 4.16. The van der Waals surface area contributed by atoms with E-state index in [9.17, 15) is 4.79 Å². The standard InChI is InChI=1S/C16H18Cl2N4O/c1-4-22(5-2)14-9-13(19-10(3)20-14)16(23)21-12-8-6-7-11(17)15(12)18/h6-9H,4-5H2,1-3H3,(H,21,23). The summed E-state index contributed by atoms with van der Waals surface area (Å²) in [6.45, 7) is 7.43. The Morgan fingerprint density at radius 2 is 1.91 bits per heavy atom. The van der Waals surface area contributed by atoms with Crippen molar-refractivity contribution < 1.29 is 4.79 Å². The molecule has 0 saturated carbocycles. The Labute approximate surface area is 145 Å². The van der Waals surface area contributed by atoms with Crippen LogP contribution >= 0.6 is 23.2 Å². The van der Waals surface area contributed by atoms with Gasteiger partial charge >= 0.3 is 0 Å². The zero-order valence-electron chi connectivity index (χ0n) is 13.2. The fraction of sp³-hybridized carbons (Fsp3) is 0.312. The van der Waals surface area contributed by atoms with E-state index in [-0.39, 0.29) is 11.6 Å². The molecular formula is C16H18Cl2N4O. The summed E-state index contributed by atoms with van der Waals surface area (Å²) in [5.41, 5.74) is 0.736. The number of hydrogen-bond acceptors (Lipinski definition) is 4. The highest BCUT2D eigenvalue weighted by Gasteiger charge is 2.15. The molecule has 1 aromatic heterocycles. The second-order valence-corrected chi connectivity index (χ2v) is 5.67. The Morgan fingerprint density at radius 3 is 2.57 bits per heavy atom. The summed E-state index contributed by atoms with van der Waals surface area (Å²) in [5.74, 6) is 0.912. The first kappa shape index (κ1) is 17.5. The highest BCUT2D eigenvalue weighted by molar-refractivity contribution is 6.44. The Kier molecular flexibility index (Phi) is 5.80. The highest BCUT2D eigenvalue weighted by Crippen LogP contribution is 2.29. The average molecular weight is 353 g/mol. The van der Waals surface area contributed by atoms with E-state index in [2.05, 4.69) is 20.2 Å². The Morgan fingerprint density at radius 1 is 1.22 bits per heavy atom. The summed E-state index contributed by atoms with van der Waals surface area (Å²) in [7, 11) is 0. The van der Waals surface area contributed by atoms with Crippen LogP contribution in [0.2, 0.25) is 10.0 Å². The number of nitrogens with zero attached hydrogens (tertiary/aromatic N) is 3. The smallest absolute Gasteiger partial charge is 0.274 e. The summed E-state index contributed by atoms with van der Waals surface area (Å²) in [4.78, 5) is 23.1. The van der Waals surface area contributed by atoms with Crippen molar-refractivity contribution in [3.63, 3.8) is 0 Å². The SMILES string of the molecule is CCN(CC)c1cc(C(=O)Nc2cccc(Cl)c2Cl)nc(C)n1. The van der Waals surface area contributed by atoms with Crippen molar-refractivity contribution in [3.8, 4) is 0 Å². The number of carbonyl (C=O) groups excluding carboxylic acids is 1. The molecule has 1 heterocycles. The number of benzene rings is 1. The van der Waals surface area contributed by atoms with Crippen molar-refractivity contribution in [2.75, 3.05) is 23.3 Å². The third kappa shape index (κ3) is 4.12. The van der Waals surface area contributed by atoms with Crippen molar-refractivity contribution in [3.05, 3.63) is 45.8 Å². The predicted molar refractivity (Wildman–Crippen MR) is 94.7 cm³/mol. The molecule has 0 aliphatic carbocycles. The lowest BCUT2D eigenvalue weighted by atomic mass is 10.3. The Hall–Kier alpha value is -1.85. The van der Waals surface area contributed by atoms with Gasteiger partial charge in [-0.3, -0.25) is 4.79 Å². The molecule has 23 heavy (non-hydrogen) atoms. The van der Waals surface area contributed by atoms with Gasteiger partial charge in [0.05, 0.1) is 15.7 Å². The molecule has 0 radical (unpaired) electrons. The third-order valence-electron chi connectivity index (χ3n) is 3.34. The van der Waals surface area contributed by atoms with Gasteiger partial charge in [0.2, 0.25) is 0 Å². The number of anilines is 2. The fourth-order valence-corrected chi connectivity index (χ4v) is 2.51. The quantitative estimate of drug-likeness (QED) is 0.876. The molecule has 1 N–H and O–H groups in total. The van der Waals surface area contributed by atoms with E-state index in [1.54, 1.807) is 31.2 Å². The summed E-state index contributed by atoms with van der Waals surface area (Å²) < 4.78 is 0. The topological polar surface area (TPSA) is 58.1 Å². The van der Waals surface area contributed by atoms with Gasteiger partial charge in [-0.05, 0) is 32.9 Å². The van der Waals surface area contributed by atoms with Gasteiger partial charge in [-0.2, -0.15) is 0 Å². The summed E-state index contributed by atoms with van der Waals surface area (Å²) in [6, 6.07) is 6.74. The maximum atomic E-state index is 12.5. The van der Waals surface area contributed by atoms with E-state index < -0.39 is 0 Å². The van der Waals surface area contributed by atoms with Crippen molar-refractivity contribution in [1.82, 2.24) is 9.97 Å². The first-order valence-corrected chi connectivity index (χ1v) is 8.07. The Balaban J connectivity index is 2.30. The van der Waals surface area contributed by atoms with Crippen LogP contribution in [0.4, 0.5) is 11.5 Å². The average Bonchev–Trinajstić information content (AvgIpc) is 2.52. The van der Waals surface area contributed by atoms with Gasteiger partial charge in [0.1, 0.15) is 17.3 Å². The molecule has 0 bridgehead atoms. The number of amides is 1. The molecule has 1 amide bonds. The number of aryl methyl sites for hydroxylation is 1. The minimum Gasteiger partial charge on any atom is -0.357 e. The van der Waals surface area contributed by atoms with Crippen LogP contribution in [-0.4, -0.2) is 29.0 Å². The first-order chi connectivity index (χ1) is 11.0. The highest BCUT2D eigenvalue weighted by atomic mass is 35.5. The molecule has 7 heteroatoms. The van der Waals surface area contributed by atoms with Crippen LogP contribution in [0.25, 0.3) is 0 Å². The van der Waals surface area contributed by atoms with Crippen molar-refractivity contribution in [2.24, 2.45) is 0 Å².